The van der Waals surface area contributed by atoms with Crippen LogP contribution in [0.5, 0.6) is 0 Å². The van der Waals surface area contributed by atoms with Crippen LogP contribution in [0, 0.1) is 13.8 Å². The molecule has 23 heavy (non-hydrogen) atoms. The third-order valence-corrected chi connectivity index (χ3v) is 3.68. The number of halogens is 1. The summed E-state index contributed by atoms with van der Waals surface area (Å²) in [4.78, 5) is 11.9. The summed E-state index contributed by atoms with van der Waals surface area (Å²) in [6, 6.07) is 13.4. The van der Waals surface area contributed by atoms with E-state index in [4.69, 9.17) is 11.6 Å². The van der Waals surface area contributed by atoms with Crippen LogP contribution in [0.3, 0.4) is 0 Å². The molecule has 2 rings (SSSR count). The van der Waals surface area contributed by atoms with Gasteiger partial charge in [-0.25, -0.2) is 5.43 Å². The van der Waals surface area contributed by atoms with E-state index in [2.05, 4.69) is 21.9 Å². The Labute approximate surface area is 141 Å². The normalized spacial score (nSPS) is 11.2. The molecular formula is C18H20ClN3O. The van der Waals surface area contributed by atoms with Gasteiger partial charge in [0, 0.05) is 10.7 Å². The average molecular weight is 330 g/mol. The molecular weight excluding hydrogens is 310 g/mol. The van der Waals surface area contributed by atoms with Gasteiger partial charge in [-0.3, -0.25) is 4.79 Å². The Morgan fingerprint density at radius 3 is 2.48 bits per heavy atom. The first-order valence-corrected chi connectivity index (χ1v) is 7.73. The lowest BCUT2D eigenvalue weighted by molar-refractivity contribution is -0.119. The fraction of sp³-hybridized carbons (Fsp3) is 0.222. The molecule has 0 saturated carbocycles. The van der Waals surface area contributed by atoms with Crippen LogP contribution >= 0.6 is 11.6 Å². The molecule has 0 aliphatic heterocycles. The number of hydrazone groups is 1. The molecule has 0 saturated heterocycles. The fourth-order valence-corrected chi connectivity index (χ4v) is 2.25. The number of aryl methyl sites for hydroxylation is 2. The number of carbonyl (C=O) groups is 1. The Hall–Kier alpha value is -2.33. The molecule has 0 aliphatic rings. The van der Waals surface area contributed by atoms with Gasteiger partial charge in [-0.05, 0) is 50.1 Å². The first-order valence-electron chi connectivity index (χ1n) is 7.36. The number of amides is 1. The Bertz CT molecular complexity index is 724. The molecule has 2 N–H and O–H groups in total. The van der Waals surface area contributed by atoms with Crippen molar-refractivity contribution in [3.8, 4) is 0 Å². The molecule has 120 valence electrons. The van der Waals surface area contributed by atoms with Gasteiger partial charge in [0.25, 0.3) is 5.91 Å². The summed E-state index contributed by atoms with van der Waals surface area (Å²) in [6.07, 6.45) is 0. The third-order valence-electron chi connectivity index (χ3n) is 3.43. The number of anilines is 1. The van der Waals surface area contributed by atoms with Crippen molar-refractivity contribution in [2.75, 3.05) is 11.9 Å². The minimum atomic E-state index is -0.196. The van der Waals surface area contributed by atoms with E-state index in [1.165, 1.54) is 5.56 Å². The van der Waals surface area contributed by atoms with E-state index in [-0.39, 0.29) is 12.5 Å². The fourth-order valence-electron chi connectivity index (χ4n) is 2.13. The largest absolute Gasteiger partial charge is 0.376 e. The summed E-state index contributed by atoms with van der Waals surface area (Å²) in [7, 11) is 0. The molecule has 2 aromatic rings. The molecule has 0 spiro atoms. The molecule has 2 aromatic carbocycles. The first kappa shape index (κ1) is 17.0. The highest BCUT2D eigenvalue weighted by Gasteiger charge is 2.03. The lowest BCUT2D eigenvalue weighted by atomic mass is 10.1. The number of rotatable bonds is 5. The van der Waals surface area contributed by atoms with Crippen molar-refractivity contribution in [1.29, 1.82) is 0 Å². The van der Waals surface area contributed by atoms with Crippen LogP contribution in [0.4, 0.5) is 5.69 Å². The van der Waals surface area contributed by atoms with Gasteiger partial charge in [0.15, 0.2) is 0 Å². The SMILES string of the molecule is C/C(=N\NC(=O)CNc1ccc(C)cc1C)c1ccc(Cl)cc1. The van der Waals surface area contributed by atoms with Gasteiger partial charge in [-0.15, -0.1) is 0 Å². The third kappa shape index (κ3) is 5.11. The van der Waals surface area contributed by atoms with E-state index in [9.17, 15) is 4.79 Å². The number of hydrogen-bond donors (Lipinski definition) is 2. The van der Waals surface area contributed by atoms with Crippen molar-refractivity contribution in [1.82, 2.24) is 5.43 Å². The minimum absolute atomic E-state index is 0.168. The van der Waals surface area contributed by atoms with Crippen LogP contribution in [0.2, 0.25) is 5.02 Å². The van der Waals surface area contributed by atoms with E-state index in [0.29, 0.717) is 5.02 Å². The van der Waals surface area contributed by atoms with Gasteiger partial charge < -0.3 is 5.32 Å². The zero-order valence-corrected chi connectivity index (χ0v) is 14.2. The molecule has 4 nitrogen and oxygen atoms in total. The van der Waals surface area contributed by atoms with Crippen molar-refractivity contribution < 1.29 is 4.79 Å². The van der Waals surface area contributed by atoms with Crippen molar-refractivity contribution in [3.63, 3.8) is 0 Å². The van der Waals surface area contributed by atoms with Crippen molar-refractivity contribution in [3.05, 3.63) is 64.2 Å². The Kier molecular flexibility index (Phi) is 5.77. The second kappa shape index (κ2) is 7.79. The van der Waals surface area contributed by atoms with Crippen LogP contribution in [-0.2, 0) is 4.79 Å². The lowest BCUT2D eigenvalue weighted by Gasteiger charge is -2.09. The number of nitrogens with zero attached hydrogens (tertiary/aromatic N) is 1. The number of hydrogen-bond acceptors (Lipinski definition) is 3. The van der Waals surface area contributed by atoms with Gasteiger partial charge in [0.05, 0.1) is 12.3 Å². The quantitative estimate of drug-likeness (QED) is 0.645. The maximum absolute atomic E-state index is 11.9. The van der Waals surface area contributed by atoms with Crippen LogP contribution < -0.4 is 10.7 Å². The predicted octanol–water partition coefficient (Wildman–Crippen LogP) is 3.91. The van der Waals surface area contributed by atoms with Crippen molar-refractivity contribution in [2.24, 2.45) is 5.10 Å². The van der Waals surface area contributed by atoms with Crippen LogP contribution in [-0.4, -0.2) is 18.2 Å². The topological polar surface area (TPSA) is 53.5 Å². The lowest BCUT2D eigenvalue weighted by Crippen LogP contribution is -2.27. The zero-order chi connectivity index (χ0) is 16.8. The summed E-state index contributed by atoms with van der Waals surface area (Å²) >= 11 is 5.85. The molecule has 0 fully saturated rings. The Balaban J connectivity index is 1.89. The maximum atomic E-state index is 11.9. The molecule has 0 atom stereocenters. The van der Waals surface area contributed by atoms with Crippen molar-refractivity contribution >= 4 is 28.9 Å². The molecule has 0 aliphatic carbocycles. The summed E-state index contributed by atoms with van der Waals surface area (Å²) in [5, 5.41) is 7.89. The van der Waals surface area contributed by atoms with Gasteiger partial charge in [-0.1, -0.05) is 41.4 Å². The predicted molar refractivity (Wildman–Crippen MR) is 96.2 cm³/mol. The van der Waals surface area contributed by atoms with E-state index in [0.717, 1.165) is 22.5 Å². The van der Waals surface area contributed by atoms with Gasteiger partial charge in [0.2, 0.25) is 0 Å². The Morgan fingerprint density at radius 1 is 1.13 bits per heavy atom. The highest BCUT2D eigenvalue weighted by molar-refractivity contribution is 6.30. The highest BCUT2D eigenvalue weighted by Crippen LogP contribution is 2.15. The minimum Gasteiger partial charge on any atom is -0.376 e. The zero-order valence-electron chi connectivity index (χ0n) is 13.5. The van der Waals surface area contributed by atoms with E-state index >= 15 is 0 Å². The maximum Gasteiger partial charge on any atom is 0.259 e. The monoisotopic (exact) mass is 329 g/mol. The summed E-state index contributed by atoms with van der Waals surface area (Å²) in [6.45, 7) is 6.05. The van der Waals surface area contributed by atoms with E-state index in [1.807, 2.05) is 45.0 Å². The van der Waals surface area contributed by atoms with Crippen LogP contribution in [0.15, 0.2) is 47.6 Å². The molecule has 1 amide bonds. The van der Waals surface area contributed by atoms with Gasteiger partial charge in [0.1, 0.15) is 0 Å². The first-order chi connectivity index (χ1) is 11.0. The second-order valence-electron chi connectivity index (χ2n) is 5.41. The van der Waals surface area contributed by atoms with Crippen LogP contribution in [0.1, 0.15) is 23.6 Å². The molecule has 5 heteroatoms. The summed E-state index contributed by atoms with van der Waals surface area (Å²) < 4.78 is 0. The second-order valence-corrected chi connectivity index (χ2v) is 5.85. The van der Waals surface area contributed by atoms with E-state index in [1.54, 1.807) is 12.1 Å². The molecule has 0 unspecified atom stereocenters. The van der Waals surface area contributed by atoms with Gasteiger partial charge in [-0.2, -0.15) is 5.10 Å². The van der Waals surface area contributed by atoms with Crippen molar-refractivity contribution in [2.45, 2.75) is 20.8 Å². The average Bonchev–Trinajstić information content (AvgIpc) is 2.52. The smallest absolute Gasteiger partial charge is 0.259 e. The molecule has 0 bridgehead atoms. The molecule has 0 radical (unpaired) electrons. The summed E-state index contributed by atoms with van der Waals surface area (Å²) in [5.74, 6) is -0.196. The molecule has 0 heterocycles. The standard InChI is InChI=1S/C18H20ClN3O/c1-12-4-9-17(13(2)10-12)20-11-18(23)22-21-14(3)15-5-7-16(19)8-6-15/h4-10,20H,11H2,1-3H3,(H,22,23)/b21-14+. The van der Waals surface area contributed by atoms with Crippen LogP contribution in [0.25, 0.3) is 0 Å². The highest BCUT2D eigenvalue weighted by atomic mass is 35.5. The summed E-state index contributed by atoms with van der Waals surface area (Å²) in [5.41, 5.74) is 7.44. The van der Waals surface area contributed by atoms with Gasteiger partial charge >= 0.3 is 0 Å². The Morgan fingerprint density at radius 2 is 1.83 bits per heavy atom. The van der Waals surface area contributed by atoms with E-state index < -0.39 is 0 Å². The molecule has 0 aromatic heterocycles. The number of carbonyl (C=O) groups excluding carboxylic acids is 1. The number of nitrogens with one attached hydrogen (secondary N) is 2. The number of benzene rings is 2.